The summed E-state index contributed by atoms with van der Waals surface area (Å²) in [5.74, 6) is 2.18. The van der Waals surface area contributed by atoms with E-state index < -0.39 is 0 Å². The second-order valence-electron chi connectivity index (χ2n) is 8.04. The summed E-state index contributed by atoms with van der Waals surface area (Å²) in [7, 11) is 1.89. The van der Waals surface area contributed by atoms with E-state index in [1.54, 1.807) is 17.3 Å². The average Bonchev–Trinajstić information content (AvgIpc) is 3.30. The van der Waals surface area contributed by atoms with Crippen LogP contribution in [0.5, 0.6) is 11.5 Å². The van der Waals surface area contributed by atoms with Crippen LogP contribution in [-0.2, 0) is 11.8 Å². The molecule has 0 atom stereocenters. The van der Waals surface area contributed by atoms with Crippen LogP contribution in [0, 0.1) is 0 Å². The number of carbonyl (C=O) groups excluding carboxylic acids is 1. The lowest BCUT2D eigenvalue weighted by atomic mass is 10.2. The minimum Gasteiger partial charge on any atom is -0.486 e. The molecule has 36 heavy (non-hydrogen) atoms. The van der Waals surface area contributed by atoms with Crippen molar-refractivity contribution in [1.29, 1.82) is 0 Å². The molecule has 0 unspecified atom stereocenters. The lowest BCUT2D eigenvalue weighted by Crippen LogP contribution is -2.32. The Kier molecular flexibility index (Phi) is 7.28. The molecule has 0 aliphatic carbocycles. The van der Waals surface area contributed by atoms with Gasteiger partial charge in [0.1, 0.15) is 13.2 Å². The number of aromatic nitrogens is 4. The van der Waals surface area contributed by atoms with E-state index in [1.165, 1.54) is 11.8 Å². The zero-order valence-corrected chi connectivity index (χ0v) is 20.6. The Balaban J connectivity index is 1.34. The predicted octanol–water partition coefficient (Wildman–Crippen LogP) is 4.49. The van der Waals surface area contributed by atoms with E-state index in [-0.39, 0.29) is 11.7 Å². The smallest absolute Gasteiger partial charge is 0.237 e. The summed E-state index contributed by atoms with van der Waals surface area (Å²) in [4.78, 5) is 19.3. The van der Waals surface area contributed by atoms with Gasteiger partial charge in [-0.1, -0.05) is 54.2 Å². The van der Waals surface area contributed by atoms with Gasteiger partial charge in [0.05, 0.1) is 5.75 Å². The topological polar surface area (TPSA) is 82.4 Å². The molecule has 4 aromatic rings. The number of thioether (sulfide) groups is 1. The molecular weight excluding hydrogens is 474 g/mol. The van der Waals surface area contributed by atoms with Gasteiger partial charge in [0.2, 0.25) is 5.91 Å². The molecule has 182 valence electrons. The minimum absolute atomic E-state index is 0.0553. The Morgan fingerprint density at radius 2 is 1.89 bits per heavy atom. The van der Waals surface area contributed by atoms with Gasteiger partial charge in [-0.15, -0.1) is 10.2 Å². The first-order valence-corrected chi connectivity index (χ1v) is 12.5. The third-order valence-electron chi connectivity index (χ3n) is 5.62. The first-order chi connectivity index (χ1) is 17.7. The highest BCUT2D eigenvalue weighted by molar-refractivity contribution is 7.99. The quantitative estimate of drug-likeness (QED) is 0.331. The van der Waals surface area contributed by atoms with Gasteiger partial charge in [0.15, 0.2) is 22.5 Å². The van der Waals surface area contributed by atoms with E-state index >= 15 is 0 Å². The maximum Gasteiger partial charge on any atom is 0.237 e. The summed E-state index contributed by atoms with van der Waals surface area (Å²) in [5.41, 5.74) is 2.69. The number of hydrogen-bond acceptors (Lipinski definition) is 7. The molecule has 2 aromatic heterocycles. The lowest BCUT2D eigenvalue weighted by molar-refractivity contribution is -0.116. The fourth-order valence-electron chi connectivity index (χ4n) is 3.80. The number of ether oxygens (including phenoxy) is 2. The molecule has 0 bridgehead atoms. The van der Waals surface area contributed by atoms with E-state index in [1.807, 2.05) is 84.4 Å². The molecule has 2 aromatic carbocycles. The van der Waals surface area contributed by atoms with Gasteiger partial charge in [-0.05, 0) is 29.8 Å². The summed E-state index contributed by atoms with van der Waals surface area (Å²) in [5, 5.41) is 9.22. The van der Waals surface area contributed by atoms with Crippen LogP contribution in [0.3, 0.4) is 0 Å². The largest absolute Gasteiger partial charge is 0.486 e. The molecule has 3 heterocycles. The van der Waals surface area contributed by atoms with Gasteiger partial charge in [0, 0.05) is 43.3 Å². The van der Waals surface area contributed by atoms with Crippen LogP contribution in [0.1, 0.15) is 5.56 Å². The Hall–Kier alpha value is -4.11. The molecule has 0 saturated heterocycles. The molecule has 1 amide bonds. The molecule has 0 spiro atoms. The maximum absolute atomic E-state index is 13.4. The first kappa shape index (κ1) is 23.6. The number of benzene rings is 2. The van der Waals surface area contributed by atoms with E-state index in [9.17, 15) is 4.79 Å². The Bertz CT molecular complexity index is 1360. The summed E-state index contributed by atoms with van der Waals surface area (Å²) < 4.78 is 13.3. The van der Waals surface area contributed by atoms with Crippen molar-refractivity contribution in [1.82, 2.24) is 19.7 Å². The van der Waals surface area contributed by atoms with E-state index in [0.717, 1.165) is 16.8 Å². The molecule has 0 fully saturated rings. The lowest BCUT2D eigenvalue weighted by Gasteiger charge is -2.24. The van der Waals surface area contributed by atoms with Crippen molar-refractivity contribution in [2.45, 2.75) is 5.16 Å². The van der Waals surface area contributed by atoms with Gasteiger partial charge in [-0.25, -0.2) is 0 Å². The summed E-state index contributed by atoms with van der Waals surface area (Å²) >= 11 is 1.35. The van der Waals surface area contributed by atoms with Gasteiger partial charge < -0.3 is 18.9 Å². The highest BCUT2D eigenvalue weighted by Crippen LogP contribution is 2.34. The van der Waals surface area contributed by atoms with Crippen LogP contribution in [0.25, 0.3) is 17.5 Å². The molecule has 5 rings (SSSR count). The van der Waals surface area contributed by atoms with Crippen LogP contribution in [-0.4, -0.2) is 51.2 Å². The van der Waals surface area contributed by atoms with Crippen molar-refractivity contribution < 1.29 is 14.3 Å². The highest BCUT2D eigenvalue weighted by atomic mass is 32.2. The van der Waals surface area contributed by atoms with Crippen LogP contribution in [0.15, 0.2) is 84.3 Å². The average molecular weight is 500 g/mol. The monoisotopic (exact) mass is 499 g/mol. The van der Waals surface area contributed by atoms with E-state index in [4.69, 9.17) is 9.47 Å². The predicted molar refractivity (Wildman–Crippen MR) is 140 cm³/mol. The van der Waals surface area contributed by atoms with Crippen molar-refractivity contribution in [3.05, 3.63) is 84.7 Å². The second-order valence-corrected chi connectivity index (χ2v) is 8.98. The molecule has 9 heteroatoms. The number of nitrogens with zero attached hydrogens (tertiary/aromatic N) is 5. The van der Waals surface area contributed by atoms with Gasteiger partial charge in [0.25, 0.3) is 0 Å². The fraction of sp³-hybridized carbons (Fsp3) is 0.185. The molecule has 1 aliphatic rings. The number of rotatable bonds is 8. The molecule has 0 saturated carbocycles. The number of anilines is 1. The van der Waals surface area contributed by atoms with Crippen molar-refractivity contribution >= 4 is 29.4 Å². The normalized spacial score (nSPS) is 12.6. The third kappa shape index (κ3) is 5.41. The Labute approximate surface area is 213 Å². The Morgan fingerprint density at radius 3 is 2.69 bits per heavy atom. The molecule has 0 radical (unpaired) electrons. The Morgan fingerprint density at radius 1 is 1.06 bits per heavy atom. The highest BCUT2D eigenvalue weighted by Gasteiger charge is 2.20. The van der Waals surface area contributed by atoms with Gasteiger partial charge in [-0.2, -0.15) is 0 Å². The van der Waals surface area contributed by atoms with Gasteiger partial charge in [-0.3, -0.25) is 9.78 Å². The molecule has 0 N–H and O–H groups in total. The van der Waals surface area contributed by atoms with Crippen molar-refractivity contribution in [3.8, 4) is 22.9 Å². The summed E-state index contributed by atoms with van der Waals surface area (Å²) in [6.07, 6.45) is 7.45. The number of hydrogen-bond donors (Lipinski definition) is 0. The zero-order chi connectivity index (χ0) is 24.7. The molecular formula is C27H25N5O3S. The number of amides is 1. The summed E-state index contributed by atoms with van der Waals surface area (Å²) in [6.45, 7) is 1.41. The third-order valence-corrected chi connectivity index (χ3v) is 6.62. The standard InChI is InChI=1S/C27H25N5O3S/c1-31-26(21-10-5-13-28-18-21)29-30-27(31)36-19-25(33)32(14-6-9-20-7-3-2-4-8-20)22-11-12-23-24(17-22)35-16-15-34-23/h2-13,17-18H,14-16,19H2,1H3/b9-6+. The first-order valence-electron chi connectivity index (χ1n) is 11.5. The van der Waals surface area contributed by atoms with E-state index in [0.29, 0.717) is 42.2 Å². The zero-order valence-electron chi connectivity index (χ0n) is 19.8. The molecule has 8 nitrogen and oxygen atoms in total. The van der Waals surface area contributed by atoms with Crippen molar-refractivity contribution in [2.75, 3.05) is 30.4 Å². The van der Waals surface area contributed by atoms with Crippen molar-refractivity contribution in [3.63, 3.8) is 0 Å². The van der Waals surface area contributed by atoms with Crippen LogP contribution < -0.4 is 14.4 Å². The van der Waals surface area contributed by atoms with Crippen LogP contribution >= 0.6 is 11.8 Å². The van der Waals surface area contributed by atoms with Gasteiger partial charge >= 0.3 is 0 Å². The van der Waals surface area contributed by atoms with Crippen molar-refractivity contribution in [2.24, 2.45) is 7.05 Å². The maximum atomic E-state index is 13.4. The van der Waals surface area contributed by atoms with Crippen LogP contribution in [0.2, 0.25) is 0 Å². The van der Waals surface area contributed by atoms with E-state index in [2.05, 4.69) is 15.2 Å². The number of pyridine rings is 1. The second kappa shape index (κ2) is 11.1. The SMILES string of the molecule is Cn1c(SCC(=O)N(C/C=C/c2ccccc2)c2ccc3c(c2)OCCO3)nnc1-c1cccnc1. The minimum atomic E-state index is -0.0553. The summed E-state index contributed by atoms with van der Waals surface area (Å²) in [6, 6.07) is 19.4. The fourth-order valence-corrected chi connectivity index (χ4v) is 4.59. The number of carbonyl (C=O) groups is 1. The van der Waals surface area contributed by atoms with Crippen LogP contribution in [0.4, 0.5) is 5.69 Å². The number of fused-ring (bicyclic) bond motifs is 1. The molecule has 1 aliphatic heterocycles.